The lowest BCUT2D eigenvalue weighted by Gasteiger charge is -2.30. The van der Waals surface area contributed by atoms with E-state index in [2.05, 4.69) is 12.1 Å². The molecule has 1 atom stereocenters. The number of hydrogen-bond acceptors (Lipinski definition) is 2. The molecule has 1 aliphatic carbocycles. The van der Waals surface area contributed by atoms with Crippen molar-refractivity contribution in [1.29, 1.82) is 0 Å². The van der Waals surface area contributed by atoms with Crippen molar-refractivity contribution < 1.29 is 14.7 Å². The molecule has 2 aliphatic rings. The molecule has 1 aromatic rings. The molecule has 3 rings (SSSR count). The molecule has 0 aromatic heterocycles. The Bertz CT molecular complexity index is 606. The van der Waals surface area contributed by atoms with E-state index in [1.165, 1.54) is 5.56 Å². The van der Waals surface area contributed by atoms with Crippen LogP contribution >= 0.6 is 0 Å². The van der Waals surface area contributed by atoms with E-state index in [9.17, 15) is 14.7 Å². The van der Waals surface area contributed by atoms with Crippen molar-refractivity contribution in [2.75, 3.05) is 13.1 Å². The molecular formula is C19H25NO3. The number of carbonyl (C=O) groups excluding carboxylic acids is 1. The highest BCUT2D eigenvalue weighted by Gasteiger charge is 2.55. The average molecular weight is 315 g/mol. The number of amides is 1. The third-order valence-electron chi connectivity index (χ3n) is 5.81. The van der Waals surface area contributed by atoms with Crippen LogP contribution in [0.1, 0.15) is 38.7 Å². The molecule has 1 saturated heterocycles. The summed E-state index contributed by atoms with van der Waals surface area (Å²) in [7, 11) is 0. The van der Waals surface area contributed by atoms with Gasteiger partial charge in [-0.25, -0.2) is 0 Å². The van der Waals surface area contributed by atoms with E-state index in [4.69, 9.17) is 0 Å². The first-order chi connectivity index (χ1) is 10.9. The molecule has 4 nitrogen and oxygen atoms in total. The van der Waals surface area contributed by atoms with Gasteiger partial charge in [0.2, 0.25) is 5.91 Å². The first-order valence-corrected chi connectivity index (χ1v) is 8.46. The number of rotatable bonds is 5. The first-order valence-electron chi connectivity index (χ1n) is 8.46. The minimum absolute atomic E-state index is 0.0297. The zero-order valence-electron chi connectivity index (χ0n) is 13.9. The molecule has 0 radical (unpaired) electrons. The second-order valence-corrected chi connectivity index (χ2v) is 7.54. The summed E-state index contributed by atoms with van der Waals surface area (Å²) < 4.78 is 0. The summed E-state index contributed by atoms with van der Waals surface area (Å²) in [5.74, 6) is -0.581. The smallest absolute Gasteiger partial charge is 0.311 e. The van der Waals surface area contributed by atoms with Gasteiger partial charge in [0, 0.05) is 13.1 Å². The van der Waals surface area contributed by atoms with E-state index >= 15 is 0 Å². The average Bonchev–Trinajstić information content (AvgIpc) is 3.14. The Hall–Kier alpha value is -1.84. The number of likely N-dealkylation sites (tertiary alicyclic amines) is 1. The van der Waals surface area contributed by atoms with Crippen molar-refractivity contribution in [2.24, 2.45) is 16.7 Å². The van der Waals surface area contributed by atoms with Crippen LogP contribution in [0.15, 0.2) is 30.3 Å². The molecule has 4 heteroatoms. The summed E-state index contributed by atoms with van der Waals surface area (Å²) >= 11 is 0. The van der Waals surface area contributed by atoms with Gasteiger partial charge in [-0.1, -0.05) is 44.2 Å². The van der Waals surface area contributed by atoms with Gasteiger partial charge >= 0.3 is 5.97 Å². The summed E-state index contributed by atoms with van der Waals surface area (Å²) in [4.78, 5) is 26.6. The van der Waals surface area contributed by atoms with Crippen molar-refractivity contribution in [1.82, 2.24) is 4.90 Å². The maximum absolute atomic E-state index is 13.0. The van der Waals surface area contributed by atoms with Gasteiger partial charge in [0.05, 0.1) is 10.8 Å². The van der Waals surface area contributed by atoms with Gasteiger partial charge in [0.25, 0.3) is 0 Å². The standard InChI is InChI=1S/C19H25NO3/c1-14(2)19(17(22)23)10-11-20(13-19)16(21)18(8-9-18)12-15-6-4-3-5-7-15/h3-7,14H,8-13H2,1-2H3,(H,22,23). The van der Waals surface area contributed by atoms with Gasteiger partial charge in [0.1, 0.15) is 0 Å². The van der Waals surface area contributed by atoms with Crippen LogP contribution < -0.4 is 0 Å². The number of carboxylic acid groups (broad SMARTS) is 1. The summed E-state index contributed by atoms with van der Waals surface area (Å²) in [6, 6.07) is 10.1. The number of carboxylic acids is 1. The third kappa shape index (κ3) is 2.75. The number of hydrogen-bond donors (Lipinski definition) is 1. The maximum atomic E-state index is 13.0. The molecule has 0 bridgehead atoms. The summed E-state index contributed by atoms with van der Waals surface area (Å²) in [5, 5.41) is 9.65. The fraction of sp³-hybridized carbons (Fsp3) is 0.579. The van der Waals surface area contributed by atoms with Gasteiger partial charge in [-0.15, -0.1) is 0 Å². The van der Waals surface area contributed by atoms with Gasteiger partial charge in [-0.2, -0.15) is 0 Å². The van der Waals surface area contributed by atoms with Crippen LogP contribution in [0.3, 0.4) is 0 Å². The summed E-state index contributed by atoms with van der Waals surface area (Å²) in [5.41, 5.74) is 0.122. The van der Waals surface area contributed by atoms with E-state index in [0.717, 1.165) is 19.3 Å². The van der Waals surface area contributed by atoms with E-state index in [-0.39, 0.29) is 17.2 Å². The zero-order valence-corrected chi connectivity index (χ0v) is 13.9. The molecule has 1 unspecified atom stereocenters. The van der Waals surface area contributed by atoms with E-state index in [1.807, 2.05) is 36.9 Å². The van der Waals surface area contributed by atoms with Crippen LogP contribution in [0.5, 0.6) is 0 Å². The third-order valence-corrected chi connectivity index (χ3v) is 5.81. The number of carbonyl (C=O) groups is 2. The van der Waals surface area contributed by atoms with Gasteiger partial charge < -0.3 is 10.0 Å². The highest BCUT2D eigenvalue weighted by atomic mass is 16.4. The summed E-state index contributed by atoms with van der Waals surface area (Å²) in [6.07, 6.45) is 3.16. The van der Waals surface area contributed by atoms with Gasteiger partial charge in [-0.05, 0) is 37.2 Å². The highest BCUT2D eigenvalue weighted by molar-refractivity contribution is 5.87. The minimum Gasteiger partial charge on any atom is -0.481 e. The molecular weight excluding hydrogens is 290 g/mol. The molecule has 124 valence electrons. The maximum Gasteiger partial charge on any atom is 0.311 e. The van der Waals surface area contributed by atoms with Crippen molar-refractivity contribution in [3.63, 3.8) is 0 Å². The Morgan fingerprint density at radius 2 is 1.83 bits per heavy atom. The van der Waals surface area contributed by atoms with Crippen molar-refractivity contribution in [3.8, 4) is 0 Å². The quantitative estimate of drug-likeness (QED) is 0.909. The lowest BCUT2D eigenvalue weighted by Crippen LogP contribution is -2.43. The molecule has 1 amide bonds. The van der Waals surface area contributed by atoms with E-state index in [0.29, 0.717) is 19.5 Å². The Morgan fingerprint density at radius 3 is 2.30 bits per heavy atom. The molecule has 1 heterocycles. The Balaban J connectivity index is 1.73. The zero-order chi connectivity index (χ0) is 16.7. The highest BCUT2D eigenvalue weighted by Crippen LogP contribution is 2.51. The fourth-order valence-electron chi connectivity index (χ4n) is 3.84. The van der Waals surface area contributed by atoms with Crippen LogP contribution in [0.4, 0.5) is 0 Å². The van der Waals surface area contributed by atoms with E-state index < -0.39 is 11.4 Å². The van der Waals surface area contributed by atoms with Gasteiger partial charge in [0.15, 0.2) is 0 Å². The monoisotopic (exact) mass is 315 g/mol. The van der Waals surface area contributed by atoms with Crippen molar-refractivity contribution in [3.05, 3.63) is 35.9 Å². The predicted molar refractivity (Wildman–Crippen MR) is 87.9 cm³/mol. The molecule has 1 N–H and O–H groups in total. The Morgan fingerprint density at radius 1 is 1.17 bits per heavy atom. The number of benzene rings is 1. The largest absolute Gasteiger partial charge is 0.481 e. The normalized spacial score (nSPS) is 25.6. The topological polar surface area (TPSA) is 57.6 Å². The number of nitrogens with zero attached hydrogens (tertiary/aromatic N) is 1. The Kier molecular flexibility index (Phi) is 3.95. The lowest BCUT2D eigenvalue weighted by molar-refractivity contribution is -0.151. The molecule has 1 aromatic carbocycles. The van der Waals surface area contributed by atoms with E-state index in [1.54, 1.807) is 0 Å². The minimum atomic E-state index is -0.779. The van der Waals surface area contributed by atoms with Crippen LogP contribution in [-0.4, -0.2) is 35.0 Å². The van der Waals surface area contributed by atoms with Crippen LogP contribution in [0.25, 0.3) is 0 Å². The van der Waals surface area contributed by atoms with Crippen LogP contribution in [0.2, 0.25) is 0 Å². The molecule has 0 spiro atoms. The second-order valence-electron chi connectivity index (χ2n) is 7.54. The van der Waals surface area contributed by atoms with Gasteiger partial charge in [-0.3, -0.25) is 9.59 Å². The molecule has 2 fully saturated rings. The molecule has 1 saturated carbocycles. The SMILES string of the molecule is CC(C)C1(C(=O)O)CCN(C(=O)C2(Cc3ccccc3)CC2)C1. The fourth-order valence-corrected chi connectivity index (χ4v) is 3.84. The first kappa shape index (κ1) is 16.0. The Labute approximate surface area is 137 Å². The number of aliphatic carboxylic acids is 1. The van der Waals surface area contributed by atoms with Crippen molar-refractivity contribution >= 4 is 11.9 Å². The molecule has 1 aliphatic heterocycles. The lowest BCUT2D eigenvalue weighted by atomic mass is 9.76. The summed E-state index contributed by atoms with van der Waals surface area (Å²) in [6.45, 7) is 4.81. The van der Waals surface area contributed by atoms with Crippen LogP contribution in [-0.2, 0) is 16.0 Å². The predicted octanol–water partition coefficient (Wildman–Crippen LogP) is 2.97. The van der Waals surface area contributed by atoms with Crippen molar-refractivity contribution in [2.45, 2.75) is 39.5 Å². The van der Waals surface area contributed by atoms with Crippen LogP contribution in [0, 0.1) is 16.7 Å². The second kappa shape index (κ2) is 5.66. The molecule has 23 heavy (non-hydrogen) atoms.